The zero-order valence-corrected chi connectivity index (χ0v) is 20.0. The zero-order valence-electron chi connectivity index (χ0n) is 19.2. The van der Waals surface area contributed by atoms with Crippen molar-refractivity contribution in [3.05, 3.63) is 118 Å². The maximum Gasteiger partial charge on any atom is 0.160 e. The number of nitrogens with zero attached hydrogens (tertiary/aromatic N) is 3. The van der Waals surface area contributed by atoms with E-state index in [1.807, 2.05) is 91.0 Å². The van der Waals surface area contributed by atoms with Gasteiger partial charge in [0.15, 0.2) is 5.56 Å². The predicted octanol–water partition coefficient (Wildman–Crippen LogP) is 6.02. The number of hydrogen-bond donors (Lipinski definition) is 0. The Morgan fingerprint density at radius 1 is 0.743 bits per heavy atom. The Bertz CT molecular complexity index is 1070. The Kier molecular flexibility index (Phi) is 9.55. The normalized spacial score (nSPS) is 24.0. The molecule has 1 saturated heterocycles. The molecule has 35 heavy (non-hydrogen) atoms. The topological polar surface area (TPSA) is 85.7 Å². The van der Waals surface area contributed by atoms with Crippen LogP contribution in [-0.4, -0.2) is 36.5 Å². The van der Waals surface area contributed by atoms with E-state index >= 15 is 0 Å². The van der Waals surface area contributed by atoms with E-state index in [0.717, 1.165) is 16.7 Å². The summed E-state index contributed by atoms with van der Waals surface area (Å²) in [7, 11) is 0. The van der Waals surface area contributed by atoms with Gasteiger partial charge in [-0.15, -0.1) is 0 Å². The summed E-state index contributed by atoms with van der Waals surface area (Å²) in [4.78, 5) is 3.07. The Morgan fingerprint density at radius 2 is 1.23 bits per heavy atom. The lowest BCUT2D eigenvalue weighted by atomic mass is 9.97. The Labute approximate surface area is 210 Å². The lowest BCUT2D eigenvalue weighted by Crippen LogP contribution is -2.58. The molecule has 3 aromatic rings. The maximum atomic E-state index is 9.34. The second kappa shape index (κ2) is 13.3. The molecular weight excluding hydrogens is 466 g/mol. The van der Waals surface area contributed by atoms with Crippen molar-refractivity contribution in [1.82, 2.24) is 0 Å². The first kappa shape index (κ1) is 25.2. The molecule has 0 N–H and O–H groups in total. The molecule has 4 rings (SSSR count). The first-order valence-corrected chi connectivity index (χ1v) is 11.9. The van der Waals surface area contributed by atoms with Gasteiger partial charge in [0.2, 0.25) is 0 Å². The number of ether oxygens (including phenoxy) is 4. The van der Waals surface area contributed by atoms with E-state index in [4.69, 9.17) is 30.5 Å². The summed E-state index contributed by atoms with van der Waals surface area (Å²) in [5.41, 5.74) is 11.5. The minimum Gasteiger partial charge on any atom is -0.374 e. The molecule has 0 radical (unpaired) electrons. The molecule has 1 fully saturated rings. The molecule has 3 aromatic carbocycles. The number of azide groups is 1. The first-order valence-electron chi connectivity index (χ1n) is 11.5. The summed E-state index contributed by atoms with van der Waals surface area (Å²) in [5.74, 6) is 0. The Balaban J connectivity index is 1.49. The monoisotopic (exact) mass is 493 g/mol. The van der Waals surface area contributed by atoms with E-state index in [0.29, 0.717) is 19.8 Å². The number of alkyl halides is 1. The van der Waals surface area contributed by atoms with Gasteiger partial charge in [0.1, 0.15) is 6.10 Å². The molecule has 1 aliphatic heterocycles. The van der Waals surface area contributed by atoms with Crippen molar-refractivity contribution >= 4 is 11.6 Å². The van der Waals surface area contributed by atoms with Crippen LogP contribution < -0.4 is 0 Å². The highest BCUT2D eigenvalue weighted by Crippen LogP contribution is 2.32. The Hall–Kier alpha value is -2.90. The highest BCUT2D eigenvalue weighted by Gasteiger charge is 2.46. The van der Waals surface area contributed by atoms with E-state index in [-0.39, 0.29) is 6.61 Å². The summed E-state index contributed by atoms with van der Waals surface area (Å²) in [6.45, 7) is 1.23. The van der Waals surface area contributed by atoms with Gasteiger partial charge < -0.3 is 18.9 Å². The summed E-state index contributed by atoms with van der Waals surface area (Å²) >= 11 is 6.66. The molecule has 0 saturated carbocycles. The van der Waals surface area contributed by atoms with Crippen LogP contribution in [0.1, 0.15) is 16.7 Å². The van der Waals surface area contributed by atoms with E-state index in [1.165, 1.54) is 0 Å². The van der Waals surface area contributed by atoms with E-state index in [1.54, 1.807) is 0 Å². The molecular formula is C27H28ClN3O4. The van der Waals surface area contributed by atoms with Crippen LogP contribution in [-0.2, 0) is 38.8 Å². The van der Waals surface area contributed by atoms with Gasteiger partial charge in [-0.1, -0.05) is 108 Å². The average molecular weight is 494 g/mol. The summed E-state index contributed by atoms with van der Waals surface area (Å²) in [6.07, 6.45) is -1.87. The maximum absolute atomic E-state index is 9.34. The van der Waals surface area contributed by atoms with E-state index in [2.05, 4.69) is 10.0 Å². The molecule has 8 heteroatoms. The molecule has 182 valence electrons. The molecule has 0 spiro atoms. The highest BCUT2D eigenvalue weighted by molar-refractivity contribution is 6.20. The number of benzene rings is 3. The molecule has 1 heterocycles. The van der Waals surface area contributed by atoms with Crippen molar-refractivity contribution in [1.29, 1.82) is 0 Å². The average Bonchev–Trinajstić information content (AvgIpc) is 2.90. The number of rotatable bonds is 11. The smallest absolute Gasteiger partial charge is 0.160 e. The van der Waals surface area contributed by atoms with Gasteiger partial charge in [-0.05, 0) is 22.2 Å². The van der Waals surface area contributed by atoms with Gasteiger partial charge in [-0.2, -0.15) is 0 Å². The third-order valence-electron chi connectivity index (χ3n) is 5.75. The number of halogens is 1. The number of hydrogen-bond acceptors (Lipinski definition) is 5. The van der Waals surface area contributed by atoms with Gasteiger partial charge in [0.05, 0.1) is 44.7 Å². The summed E-state index contributed by atoms with van der Waals surface area (Å²) in [6, 6.07) is 28.7. The molecule has 0 aliphatic carbocycles. The van der Waals surface area contributed by atoms with Gasteiger partial charge in [-0.3, -0.25) is 0 Å². The van der Waals surface area contributed by atoms with Crippen molar-refractivity contribution in [2.24, 2.45) is 5.11 Å². The van der Waals surface area contributed by atoms with Crippen LogP contribution in [0.4, 0.5) is 0 Å². The van der Waals surface area contributed by atoms with Crippen molar-refractivity contribution < 1.29 is 18.9 Å². The molecule has 1 aliphatic rings. The second-order valence-corrected chi connectivity index (χ2v) is 8.67. The van der Waals surface area contributed by atoms with Gasteiger partial charge >= 0.3 is 0 Å². The Morgan fingerprint density at radius 3 is 1.74 bits per heavy atom. The fraction of sp³-hybridized carbons (Fsp3) is 0.333. The van der Waals surface area contributed by atoms with Crippen LogP contribution in [0.15, 0.2) is 96.1 Å². The largest absolute Gasteiger partial charge is 0.374 e. The third kappa shape index (κ3) is 7.29. The van der Waals surface area contributed by atoms with Gasteiger partial charge in [0, 0.05) is 4.91 Å². The lowest BCUT2D eigenvalue weighted by Gasteiger charge is -2.43. The quantitative estimate of drug-likeness (QED) is 0.141. The van der Waals surface area contributed by atoms with Gasteiger partial charge in [0.25, 0.3) is 0 Å². The standard InChI is InChI=1S/C27H28ClN3O4/c28-27-26(34-18-22-14-8-3-9-15-22)25(33-17-21-12-6-2-7-13-21)24(30-31-29)23(35-27)19-32-16-20-10-4-1-5-11-20/h1-15,23-27H,16-19H2/t23-,24-,25+,26-,27+/m1/s1. The fourth-order valence-corrected chi connectivity index (χ4v) is 4.33. The van der Waals surface area contributed by atoms with Crippen LogP contribution in [0.5, 0.6) is 0 Å². The van der Waals surface area contributed by atoms with Gasteiger partial charge in [-0.25, -0.2) is 0 Å². The minimum absolute atomic E-state index is 0.193. The molecule has 7 nitrogen and oxygen atoms in total. The molecule has 5 atom stereocenters. The van der Waals surface area contributed by atoms with Crippen molar-refractivity contribution in [2.75, 3.05) is 6.61 Å². The van der Waals surface area contributed by atoms with E-state index in [9.17, 15) is 5.53 Å². The van der Waals surface area contributed by atoms with Crippen LogP contribution >= 0.6 is 11.6 Å². The minimum atomic E-state index is -0.810. The van der Waals surface area contributed by atoms with Crippen molar-refractivity contribution in [3.63, 3.8) is 0 Å². The van der Waals surface area contributed by atoms with Crippen LogP contribution in [0.3, 0.4) is 0 Å². The molecule has 0 amide bonds. The molecule has 0 unspecified atom stereocenters. The highest BCUT2D eigenvalue weighted by atomic mass is 35.5. The zero-order chi connectivity index (χ0) is 24.3. The molecule has 0 aromatic heterocycles. The van der Waals surface area contributed by atoms with Crippen LogP contribution in [0.25, 0.3) is 10.4 Å². The summed E-state index contributed by atoms with van der Waals surface area (Å²) < 4.78 is 24.4. The van der Waals surface area contributed by atoms with Crippen molar-refractivity contribution in [2.45, 2.75) is 49.7 Å². The SMILES string of the molecule is [N-]=[N+]=N[C@H]1[C@H](OCc2ccccc2)[C@@H](OCc2ccccc2)[C@@H](Cl)O[C@@H]1COCc1ccccc1. The third-order valence-corrected chi connectivity index (χ3v) is 6.10. The second-order valence-electron chi connectivity index (χ2n) is 8.24. The predicted molar refractivity (Wildman–Crippen MR) is 134 cm³/mol. The van der Waals surface area contributed by atoms with Crippen LogP contribution in [0, 0.1) is 0 Å². The lowest BCUT2D eigenvalue weighted by molar-refractivity contribution is -0.203. The van der Waals surface area contributed by atoms with E-state index < -0.39 is 29.9 Å². The first-order chi connectivity index (χ1) is 17.2. The van der Waals surface area contributed by atoms with Crippen LogP contribution in [0.2, 0.25) is 0 Å². The molecule has 0 bridgehead atoms. The van der Waals surface area contributed by atoms with Crippen molar-refractivity contribution in [3.8, 4) is 0 Å². The summed E-state index contributed by atoms with van der Waals surface area (Å²) in [5, 5.41) is 4.04. The fourth-order valence-electron chi connectivity index (χ4n) is 3.98.